The Morgan fingerprint density at radius 2 is 2.00 bits per heavy atom. The molecule has 0 radical (unpaired) electrons. The molecule has 0 saturated carbocycles. The molecular formula is C12H14N2O3S. The standard InChI is InChI=1S/C12H14N2O3S/c15-18(16,12-6-2-1-3-7-12)17-8-4-5-11-9-13-10-14-11/h1-3,6-7,9-10H,4-5,8H2,(H,13,14). The van der Waals surface area contributed by atoms with Crippen molar-refractivity contribution in [1.29, 1.82) is 0 Å². The van der Waals surface area contributed by atoms with Gasteiger partial charge in [-0.15, -0.1) is 0 Å². The lowest BCUT2D eigenvalue weighted by atomic mass is 10.3. The summed E-state index contributed by atoms with van der Waals surface area (Å²) in [6.07, 6.45) is 4.64. The first-order valence-electron chi connectivity index (χ1n) is 5.60. The van der Waals surface area contributed by atoms with Crippen LogP contribution in [0.2, 0.25) is 0 Å². The molecule has 5 nitrogen and oxygen atoms in total. The van der Waals surface area contributed by atoms with E-state index in [1.54, 1.807) is 30.7 Å². The minimum atomic E-state index is -3.63. The van der Waals surface area contributed by atoms with Gasteiger partial charge in [-0.1, -0.05) is 18.2 Å². The van der Waals surface area contributed by atoms with Gasteiger partial charge in [0.1, 0.15) is 0 Å². The van der Waals surface area contributed by atoms with Crippen LogP contribution >= 0.6 is 0 Å². The molecule has 2 rings (SSSR count). The molecule has 0 saturated heterocycles. The van der Waals surface area contributed by atoms with E-state index in [0.717, 1.165) is 5.69 Å². The van der Waals surface area contributed by atoms with Gasteiger partial charge in [0.2, 0.25) is 0 Å². The number of aryl methyl sites for hydroxylation is 1. The van der Waals surface area contributed by atoms with E-state index >= 15 is 0 Å². The minimum Gasteiger partial charge on any atom is -0.348 e. The second-order valence-electron chi connectivity index (χ2n) is 3.77. The van der Waals surface area contributed by atoms with E-state index in [1.807, 2.05) is 0 Å². The van der Waals surface area contributed by atoms with Crippen molar-refractivity contribution >= 4 is 10.1 Å². The van der Waals surface area contributed by atoms with Gasteiger partial charge < -0.3 is 4.98 Å². The van der Waals surface area contributed by atoms with E-state index in [4.69, 9.17) is 4.18 Å². The van der Waals surface area contributed by atoms with E-state index in [1.165, 1.54) is 12.1 Å². The first kappa shape index (κ1) is 12.8. The summed E-state index contributed by atoms with van der Waals surface area (Å²) in [4.78, 5) is 7.02. The minimum absolute atomic E-state index is 0.163. The van der Waals surface area contributed by atoms with Crippen molar-refractivity contribution in [3.8, 4) is 0 Å². The van der Waals surface area contributed by atoms with E-state index in [2.05, 4.69) is 9.97 Å². The van der Waals surface area contributed by atoms with Crippen molar-refractivity contribution in [2.24, 2.45) is 0 Å². The molecule has 0 atom stereocenters. The molecule has 0 aliphatic rings. The summed E-state index contributed by atoms with van der Waals surface area (Å²) in [6, 6.07) is 8.13. The van der Waals surface area contributed by atoms with Gasteiger partial charge in [0.15, 0.2) is 0 Å². The first-order valence-corrected chi connectivity index (χ1v) is 7.01. The molecule has 0 bridgehead atoms. The molecule has 0 spiro atoms. The van der Waals surface area contributed by atoms with Crippen LogP contribution in [0.25, 0.3) is 0 Å². The van der Waals surface area contributed by atoms with Gasteiger partial charge in [-0.3, -0.25) is 4.18 Å². The van der Waals surface area contributed by atoms with Crippen molar-refractivity contribution in [3.63, 3.8) is 0 Å². The molecule has 0 aliphatic heterocycles. The van der Waals surface area contributed by atoms with E-state index in [9.17, 15) is 8.42 Å². The van der Waals surface area contributed by atoms with Crippen molar-refractivity contribution in [1.82, 2.24) is 9.97 Å². The number of H-pyrrole nitrogens is 1. The molecule has 1 aromatic heterocycles. The Balaban J connectivity index is 1.83. The molecule has 6 heteroatoms. The Labute approximate surface area is 106 Å². The van der Waals surface area contributed by atoms with Crippen LogP contribution in [0.15, 0.2) is 47.8 Å². The Morgan fingerprint density at radius 1 is 1.22 bits per heavy atom. The zero-order chi connectivity index (χ0) is 12.8. The largest absolute Gasteiger partial charge is 0.348 e. The second kappa shape index (κ2) is 5.79. The third-order valence-electron chi connectivity index (χ3n) is 2.42. The highest BCUT2D eigenvalue weighted by atomic mass is 32.2. The highest BCUT2D eigenvalue weighted by Crippen LogP contribution is 2.11. The molecule has 1 N–H and O–H groups in total. The fourth-order valence-electron chi connectivity index (χ4n) is 1.51. The number of aromatic nitrogens is 2. The maximum absolute atomic E-state index is 11.8. The fraction of sp³-hybridized carbons (Fsp3) is 0.250. The van der Waals surface area contributed by atoms with Crippen molar-refractivity contribution in [2.75, 3.05) is 6.61 Å². The van der Waals surface area contributed by atoms with Crippen molar-refractivity contribution in [2.45, 2.75) is 17.7 Å². The monoisotopic (exact) mass is 266 g/mol. The highest BCUT2D eigenvalue weighted by molar-refractivity contribution is 7.86. The first-order chi connectivity index (χ1) is 8.68. The summed E-state index contributed by atoms with van der Waals surface area (Å²) < 4.78 is 28.5. The van der Waals surface area contributed by atoms with Crippen LogP contribution in [0, 0.1) is 0 Å². The normalized spacial score (nSPS) is 11.6. The van der Waals surface area contributed by atoms with E-state index in [0.29, 0.717) is 12.8 Å². The molecule has 2 aromatic rings. The Kier molecular flexibility index (Phi) is 4.11. The van der Waals surface area contributed by atoms with Crippen LogP contribution < -0.4 is 0 Å². The van der Waals surface area contributed by atoms with Crippen molar-refractivity contribution < 1.29 is 12.6 Å². The molecule has 0 unspecified atom stereocenters. The maximum atomic E-state index is 11.8. The Morgan fingerprint density at radius 3 is 2.67 bits per heavy atom. The zero-order valence-corrected chi connectivity index (χ0v) is 10.6. The summed E-state index contributed by atoms with van der Waals surface area (Å²) in [6.45, 7) is 0.163. The predicted molar refractivity (Wildman–Crippen MR) is 66.5 cm³/mol. The van der Waals surface area contributed by atoms with Gasteiger partial charge in [0.25, 0.3) is 10.1 Å². The third kappa shape index (κ3) is 3.41. The SMILES string of the molecule is O=S(=O)(OCCCc1cnc[nH]1)c1ccccc1. The van der Waals surface area contributed by atoms with Crippen LogP contribution in [0.3, 0.4) is 0 Å². The number of aromatic amines is 1. The van der Waals surface area contributed by atoms with Gasteiger partial charge in [-0.25, -0.2) is 4.98 Å². The number of nitrogens with zero attached hydrogens (tertiary/aromatic N) is 1. The molecule has 0 aliphatic carbocycles. The lowest BCUT2D eigenvalue weighted by Crippen LogP contribution is -2.08. The van der Waals surface area contributed by atoms with Crippen LogP contribution in [-0.4, -0.2) is 25.0 Å². The lowest BCUT2D eigenvalue weighted by molar-refractivity contribution is 0.312. The van der Waals surface area contributed by atoms with E-state index in [-0.39, 0.29) is 11.5 Å². The third-order valence-corrected chi connectivity index (χ3v) is 3.74. The predicted octanol–water partition coefficient (Wildman–Crippen LogP) is 1.75. The van der Waals surface area contributed by atoms with Crippen LogP contribution in [0.1, 0.15) is 12.1 Å². The van der Waals surface area contributed by atoms with Gasteiger partial charge >= 0.3 is 0 Å². The molecule has 96 valence electrons. The maximum Gasteiger partial charge on any atom is 0.296 e. The van der Waals surface area contributed by atoms with Crippen molar-refractivity contribution in [3.05, 3.63) is 48.5 Å². The lowest BCUT2D eigenvalue weighted by Gasteiger charge is -2.04. The van der Waals surface area contributed by atoms with Gasteiger partial charge in [0.05, 0.1) is 17.8 Å². The number of nitrogens with one attached hydrogen (secondary N) is 1. The summed E-state index contributed by atoms with van der Waals surface area (Å²) >= 11 is 0. The number of benzene rings is 1. The van der Waals surface area contributed by atoms with Crippen LogP contribution in [0.4, 0.5) is 0 Å². The quantitative estimate of drug-likeness (QED) is 0.638. The topological polar surface area (TPSA) is 72.1 Å². The average molecular weight is 266 g/mol. The molecule has 0 amide bonds. The highest BCUT2D eigenvalue weighted by Gasteiger charge is 2.13. The van der Waals surface area contributed by atoms with Crippen LogP contribution in [-0.2, 0) is 20.7 Å². The van der Waals surface area contributed by atoms with Gasteiger partial charge in [0, 0.05) is 11.9 Å². The Hall–Kier alpha value is -1.66. The average Bonchev–Trinajstić information content (AvgIpc) is 2.89. The molecule has 0 fully saturated rings. The zero-order valence-electron chi connectivity index (χ0n) is 9.74. The molecule has 18 heavy (non-hydrogen) atoms. The summed E-state index contributed by atoms with van der Waals surface area (Å²) in [5.74, 6) is 0. The number of hydrogen-bond acceptors (Lipinski definition) is 4. The second-order valence-corrected chi connectivity index (χ2v) is 5.38. The summed E-state index contributed by atoms with van der Waals surface area (Å²) in [5.41, 5.74) is 0.968. The molecule has 1 heterocycles. The smallest absolute Gasteiger partial charge is 0.296 e. The van der Waals surface area contributed by atoms with Gasteiger partial charge in [-0.05, 0) is 25.0 Å². The molecule has 1 aromatic carbocycles. The number of hydrogen-bond donors (Lipinski definition) is 1. The summed E-state index contributed by atoms with van der Waals surface area (Å²) in [7, 11) is -3.63. The fourth-order valence-corrected chi connectivity index (χ4v) is 2.47. The van der Waals surface area contributed by atoms with E-state index < -0.39 is 10.1 Å². The number of rotatable bonds is 6. The van der Waals surface area contributed by atoms with Crippen LogP contribution in [0.5, 0.6) is 0 Å². The summed E-state index contributed by atoms with van der Waals surface area (Å²) in [5, 5.41) is 0. The Bertz CT molecular complexity index is 565. The molecular weight excluding hydrogens is 252 g/mol. The van der Waals surface area contributed by atoms with Gasteiger partial charge in [-0.2, -0.15) is 8.42 Å². The number of imidazole rings is 1.